The zero-order valence-corrected chi connectivity index (χ0v) is 18.3. The fraction of sp³-hybridized carbons (Fsp3) is 0.556. The summed E-state index contributed by atoms with van der Waals surface area (Å²) < 4.78 is 0. The highest BCUT2D eigenvalue weighted by Crippen LogP contribution is 2.42. The minimum absolute atomic E-state index is 0.385. The highest BCUT2D eigenvalue weighted by Gasteiger charge is 2.25. The lowest BCUT2D eigenvalue weighted by Crippen LogP contribution is -2.13. The van der Waals surface area contributed by atoms with Crippen LogP contribution in [0.15, 0.2) is 36.4 Å². The van der Waals surface area contributed by atoms with Crippen LogP contribution in [0.2, 0.25) is 0 Å². The lowest BCUT2D eigenvalue weighted by Gasteiger charge is -2.29. The Bertz CT molecular complexity index is 715. The third kappa shape index (κ3) is 6.01. The molecule has 2 aromatic rings. The molecule has 0 aliphatic heterocycles. The van der Waals surface area contributed by atoms with Crippen molar-refractivity contribution in [3.8, 4) is 11.5 Å². The molecule has 2 heteroatoms. The zero-order valence-electron chi connectivity index (χ0n) is 18.3. The standard InChI is InChI=1S/C27H38O2/c1-20-18-22(14-16-26(20)28)24-12-10-8-6-4-3-5-7-9-11-13-25(24)23-15-17-27(29)21(2)19-23/h14-19,24-25,28-29H,3-13H2,1-2H3. The molecule has 0 saturated heterocycles. The van der Waals surface area contributed by atoms with Crippen molar-refractivity contribution in [2.24, 2.45) is 0 Å². The SMILES string of the molecule is Cc1cc(C2CCCCCCCCCCCC2c2ccc(O)c(C)c2)ccc1O. The Morgan fingerprint density at radius 1 is 0.552 bits per heavy atom. The average Bonchev–Trinajstić information content (AvgIpc) is 2.73. The monoisotopic (exact) mass is 394 g/mol. The number of phenols is 2. The van der Waals surface area contributed by atoms with Gasteiger partial charge in [0.1, 0.15) is 11.5 Å². The Kier molecular flexibility index (Phi) is 8.03. The molecule has 158 valence electrons. The van der Waals surface area contributed by atoms with Gasteiger partial charge in [-0.1, -0.05) is 82.1 Å². The number of aromatic hydroxyl groups is 2. The highest BCUT2D eigenvalue weighted by atomic mass is 16.3. The van der Waals surface area contributed by atoms with Crippen LogP contribution >= 0.6 is 0 Å². The topological polar surface area (TPSA) is 40.5 Å². The number of phenolic OH excluding ortho intramolecular Hbond substituents is 2. The molecule has 3 rings (SSSR count). The maximum atomic E-state index is 10.0. The van der Waals surface area contributed by atoms with Crippen molar-refractivity contribution in [2.75, 3.05) is 0 Å². The van der Waals surface area contributed by atoms with E-state index in [0.29, 0.717) is 23.3 Å². The number of hydrogen-bond acceptors (Lipinski definition) is 2. The van der Waals surface area contributed by atoms with Gasteiger partial charge in [0.2, 0.25) is 0 Å². The molecule has 2 unspecified atom stereocenters. The minimum Gasteiger partial charge on any atom is -0.508 e. The molecule has 1 saturated carbocycles. The first-order valence-electron chi connectivity index (χ1n) is 11.7. The van der Waals surface area contributed by atoms with Crippen molar-refractivity contribution in [1.29, 1.82) is 0 Å². The van der Waals surface area contributed by atoms with Crippen LogP contribution in [0.4, 0.5) is 0 Å². The Labute approximate surface area is 177 Å². The number of hydrogen-bond donors (Lipinski definition) is 2. The molecule has 0 amide bonds. The molecule has 1 aliphatic rings. The van der Waals surface area contributed by atoms with Gasteiger partial charge in [0, 0.05) is 0 Å². The van der Waals surface area contributed by atoms with Crippen LogP contribution in [-0.4, -0.2) is 10.2 Å². The quantitative estimate of drug-likeness (QED) is 0.543. The van der Waals surface area contributed by atoms with E-state index in [-0.39, 0.29) is 0 Å². The van der Waals surface area contributed by atoms with E-state index in [9.17, 15) is 10.2 Å². The van der Waals surface area contributed by atoms with Crippen molar-refractivity contribution in [3.05, 3.63) is 58.7 Å². The summed E-state index contributed by atoms with van der Waals surface area (Å²) in [6.07, 6.45) is 14.4. The van der Waals surface area contributed by atoms with Crippen LogP contribution in [0.3, 0.4) is 0 Å². The molecule has 0 radical (unpaired) electrons. The zero-order chi connectivity index (χ0) is 20.6. The summed E-state index contributed by atoms with van der Waals surface area (Å²) in [6.45, 7) is 4.00. The first-order valence-corrected chi connectivity index (χ1v) is 11.7. The molecule has 0 bridgehead atoms. The second-order valence-corrected chi connectivity index (χ2v) is 9.06. The van der Waals surface area contributed by atoms with Gasteiger partial charge in [-0.2, -0.15) is 0 Å². The van der Waals surface area contributed by atoms with E-state index in [2.05, 4.69) is 24.3 Å². The van der Waals surface area contributed by atoms with Gasteiger partial charge in [0.15, 0.2) is 0 Å². The maximum absolute atomic E-state index is 10.0. The molecule has 0 aromatic heterocycles. The predicted octanol–water partition coefficient (Wildman–Crippen LogP) is 7.89. The Morgan fingerprint density at radius 3 is 1.24 bits per heavy atom. The largest absolute Gasteiger partial charge is 0.508 e. The van der Waals surface area contributed by atoms with Crippen molar-refractivity contribution >= 4 is 0 Å². The Morgan fingerprint density at radius 2 is 0.897 bits per heavy atom. The summed E-state index contributed by atoms with van der Waals surface area (Å²) in [5.74, 6) is 1.68. The van der Waals surface area contributed by atoms with Crippen molar-refractivity contribution in [1.82, 2.24) is 0 Å². The molecule has 1 aliphatic carbocycles. The third-order valence-electron chi connectivity index (χ3n) is 6.81. The summed E-state index contributed by atoms with van der Waals surface area (Å²) in [4.78, 5) is 0. The molecule has 0 heterocycles. The lowest BCUT2D eigenvalue weighted by atomic mass is 9.75. The molecule has 2 nitrogen and oxygen atoms in total. The summed E-state index contributed by atoms with van der Waals surface area (Å²) in [5.41, 5.74) is 4.63. The van der Waals surface area contributed by atoms with Crippen LogP contribution in [0.25, 0.3) is 0 Å². The second-order valence-electron chi connectivity index (χ2n) is 9.06. The van der Waals surface area contributed by atoms with E-state index in [1.54, 1.807) is 0 Å². The van der Waals surface area contributed by atoms with Crippen molar-refractivity contribution in [2.45, 2.75) is 96.3 Å². The fourth-order valence-corrected chi connectivity index (χ4v) is 4.98. The van der Waals surface area contributed by atoms with E-state index >= 15 is 0 Å². The Balaban J connectivity index is 1.95. The number of benzene rings is 2. The van der Waals surface area contributed by atoms with Gasteiger partial charge in [-0.15, -0.1) is 0 Å². The van der Waals surface area contributed by atoms with Crippen LogP contribution in [-0.2, 0) is 0 Å². The van der Waals surface area contributed by atoms with Crippen molar-refractivity contribution < 1.29 is 10.2 Å². The molecular weight excluding hydrogens is 356 g/mol. The summed E-state index contributed by atoms with van der Waals surface area (Å²) >= 11 is 0. The first kappa shape index (κ1) is 21.7. The van der Waals surface area contributed by atoms with Gasteiger partial charge < -0.3 is 10.2 Å². The molecule has 29 heavy (non-hydrogen) atoms. The molecular formula is C27H38O2. The smallest absolute Gasteiger partial charge is 0.118 e. The van der Waals surface area contributed by atoms with Crippen LogP contribution in [0, 0.1) is 13.8 Å². The van der Waals surface area contributed by atoms with Crippen LogP contribution < -0.4 is 0 Å². The van der Waals surface area contributed by atoms with E-state index in [4.69, 9.17) is 0 Å². The summed E-state index contributed by atoms with van der Waals surface area (Å²) in [6, 6.07) is 12.4. The van der Waals surface area contributed by atoms with Gasteiger partial charge >= 0.3 is 0 Å². The molecule has 2 atom stereocenters. The summed E-state index contributed by atoms with van der Waals surface area (Å²) in [7, 11) is 0. The average molecular weight is 395 g/mol. The van der Waals surface area contributed by atoms with E-state index in [0.717, 1.165) is 11.1 Å². The van der Waals surface area contributed by atoms with Crippen LogP contribution in [0.5, 0.6) is 11.5 Å². The maximum Gasteiger partial charge on any atom is 0.118 e. The van der Waals surface area contributed by atoms with E-state index < -0.39 is 0 Å². The minimum atomic E-state index is 0.385. The predicted molar refractivity (Wildman–Crippen MR) is 122 cm³/mol. The van der Waals surface area contributed by atoms with Gasteiger partial charge in [-0.3, -0.25) is 0 Å². The highest BCUT2D eigenvalue weighted by molar-refractivity contribution is 5.41. The van der Waals surface area contributed by atoms with Crippen molar-refractivity contribution in [3.63, 3.8) is 0 Å². The molecule has 2 N–H and O–H groups in total. The van der Waals surface area contributed by atoms with Gasteiger partial charge in [-0.05, 0) is 72.9 Å². The fourth-order valence-electron chi connectivity index (χ4n) is 4.98. The molecule has 1 fully saturated rings. The van der Waals surface area contributed by atoms with E-state index in [1.165, 1.54) is 81.8 Å². The van der Waals surface area contributed by atoms with Gasteiger partial charge in [0.05, 0.1) is 0 Å². The number of rotatable bonds is 2. The Hall–Kier alpha value is -1.96. The van der Waals surface area contributed by atoms with Gasteiger partial charge in [0.25, 0.3) is 0 Å². The van der Waals surface area contributed by atoms with E-state index in [1.807, 2.05) is 26.0 Å². The number of aryl methyl sites for hydroxylation is 2. The third-order valence-corrected chi connectivity index (χ3v) is 6.81. The summed E-state index contributed by atoms with van der Waals surface area (Å²) in [5, 5.41) is 20.1. The molecule has 0 spiro atoms. The normalized spacial score (nSPS) is 22.3. The molecule has 2 aromatic carbocycles. The van der Waals surface area contributed by atoms with Crippen LogP contribution in [0.1, 0.15) is 105 Å². The first-order chi connectivity index (χ1) is 14.1. The lowest BCUT2D eigenvalue weighted by molar-refractivity contribution is 0.436. The second kappa shape index (κ2) is 10.7. The van der Waals surface area contributed by atoms with Gasteiger partial charge in [-0.25, -0.2) is 0 Å².